The Balaban J connectivity index is 2.25. The van der Waals surface area contributed by atoms with E-state index in [9.17, 15) is 13.2 Å². The van der Waals surface area contributed by atoms with Crippen molar-refractivity contribution in [1.29, 1.82) is 0 Å². The Bertz CT molecular complexity index is 640. The van der Waals surface area contributed by atoms with Crippen molar-refractivity contribution in [2.24, 2.45) is 0 Å². The second-order valence-corrected chi connectivity index (χ2v) is 5.14. The zero-order chi connectivity index (χ0) is 15.5. The van der Waals surface area contributed by atoms with Crippen LogP contribution in [0.15, 0.2) is 42.5 Å². The molecule has 4 heteroatoms. The number of benzene rings is 2. The van der Waals surface area contributed by atoms with Gasteiger partial charge in [-0.15, -0.1) is 0 Å². The summed E-state index contributed by atoms with van der Waals surface area (Å²) in [5.41, 5.74) is 1.83. The van der Waals surface area contributed by atoms with E-state index in [1.54, 1.807) is 12.2 Å². The fourth-order valence-corrected chi connectivity index (χ4v) is 2.17. The van der Waals surface area contributed by atoms with Crippen LogP contribution in [0.25, 0.3) is 12.2 Å². The highest BCUT2D eigenvalue weighted by Gasteiger charge is 2.30. The monoisotopic (exact) mass is 310 g/mol. The van der Waals surface area contributed by atoms with E-state index in [4.69, 9.17) is 11.6 Å². The fraction of sp³-hybridized carbons (Fsp3) is 0.176. The Labute approximate surface area is 126 Å². The van der Waals surface area contributed by atoms with Crippen molar-refractivity contribution < 1.29 is 13.2 Å². The van der Waals surface area contributed by atoms with Crippen LogP contribution >= 0.6 is 11.6 Å². The van der Waals surface area contributed by atoms with Gasteiger partial charge in [-0.05, 0) is 41.3 Å². The lowest BCUT2D eigenvalue weighted by atomic mass is 10.1. The molecule has 0 N–H and O–H groups in total. The van der Waals surface area contributed by atoms with Gasteiger partial charge in [0.15, 0.2) is 0 Å². The summed E-state index contributed by atoms with van der Waals surface area (Å²) in [6.45, 7) is 2.06. The van der Waals surface area contributed by atoms with Crippen LogP contribution in [-0.2, 0) is 12.6 Å². The lowest BCUT2D eigenvalue weighted by molar-refractivity contribution is -0.137. The highest BCUT2D eigenvalue weighted by atomic mass is 35.5. The quantitative estimate of drug-likeness (QED) is 0.602. The summed E-state index contributed by atoms with van der Waals surface area (Å²) in [6, 6.07) is 11.4. The predicted octanol–water partition coefficient (Wildman–Crippen LogP) is 6.09. The van der Waals surface area contributed by atoms with E-state index < -0.39 is 11.7 Å². The van der Waals surface area contributed by atoms with Gasteiger partial charge in [0.2, 0.25) is 0 Å². The molecule has 110 valence electrons. The van der Waals surface area contributed by atoms with Gasteiger partial charge in [-0.1, -0.05) is 54.9 Å². The molecule has 0 atom stereocenters. The molecule has 0 aliphatic heterocycles. The number of alkyl halides is 3. The third kappa shape index (κ3) is 4.36. The lowest BCUT2D eigenvalue weighted by Crippen LogP contribution is -2.04. The standard InChI is InChI=1S/C17H14ClF3/c1-2-12-3-5-13(6-4-12)7-8-14-9-15(17(19,20)21)11-16(18)10-14/h3-11H,2H2,1H3/b8-7+. The summed E-state index contributed by atoms with van der Waals surface area (Å²) in [5.74, 6) is 0. The number of hydrogen-bond acceptors (Lipinski definition) is 0. The Hall–Kier alpha value is -1.74. The van der Waals surface area contributed by atoms with Crippen LogP contribution in [0, 0.1) is 0 Å². The average Bonchev–Trinajstić information content (AvgIpc) is 2.44. The number of aryl methyl sites for hydroxylation is 1. The highest BCUT2D eigenvalue weighted by molar-refractivity contribution is 6.30. The molecule has 0 heterocycles. The highest BCUT2D eigenvalue weighted by Crippen LogP contribution is 2.32. The molecule has 0 saturated heterocycles. The minimum atomic E-state index is -4.39. The van der Waals surface area contributed by atoms with Crippen molar-refractivity contribution in [1.82, 2.24) is 0 Å². The molecule has 21 heavy (non-hydrogen) atoms. The van der Waals surface area contributed by atoms with Gasteiger partial charge in [0.1, 0.15) is 0 Å². The maximum absolute atomic E-state index is 12.7. The maximum atomic E-state index is 12.7. The summed E-state index contributed by atoms with van der Waals surface area (Å²) in [5, 5.41) is 0.0748. The van der Waals surface area contributed by atoms with Gasteiger partial charge in [0.05, 0.1) is 5.56 Å². The van der Waals surface area contributed by atoms with Gasteiger partial charge in [-0.3, -0.25) is 0 Å². The molecule has 0 aliphatic rings. The first-order valence-electron chi connectivity index (χ1n) is 6.53. The minimum Gasteiger partial charge on any atom is -0.166 e. The molecule has 0 radical (unpaired) electrons. The fourth-order valence-electron chi connectivity index (χ4n) is 1.93. The van der Waals surface area contributed by atoms with E-state index in [0.29, 0.717) is 5.56 Å². The first-order chi connectivity index (χ1) is 9.88. The Morgan fingerprint density at radius 1 is 0.952 bits per heavy atom. The van der Waals surface area contributed by atoms with Crippen LogP contribution < -0.4 is 0 Å². The molecule has 2 aromatic carbocycles. The topological polar surface area (TPSA) is 0 Å². The summed E-state index contributed by atoms with van der Waals surface area (Å²) < 4.78 is 38.1. The van der Waals surface area contributed by atoms with E-state index in [1.165, 1.54) is 11.6 Å². The third-order valence-electron chi connectivity index (χ3n) is 3.10. The predicted molar refractivity (Wildman–Crippen MR) is 81.2 cm³/mol. The molecule has 0 aliphatic carbocycles. The molecule has 0 aromatic heterocycles. The van der Waals surface area contributed by atoms with E-state index in [2.05, 4.69) is 6.92 Å². The second kappa shape index (κ2) is 6.35. The lowest BCUT2D eigenvalue weighted by Gasteiger charge is -2.08. The molecule has 2 aromatic rings. The largest absolute Gasteiger partial charge is 0.416 e. The van der Waals surface area contributed by atoms with E-state index in [1.807, 2.05) is 24.3 Å². The molecule has 0 bridgehead atoms. The molecular formula is C17H14ClF3. The van der Waals surface area contributed by atoms with Gasteiger partial charge < -0.3 is 0 Å². The molecule has 0 nitrogen and oxygen atoms in total. The molecule has 0 saturated carbocycles. The van der Waals surface area contributed by atoms with Gasteiger partial charge in [0.25, 0.3) is 0 Å². The normalized spacial score (nSPS) is 12.0. The molecule has 0 spiro atoms. The van der Waals surface area contributed by atoms with Gasteiger partial charge in [-0.2, -0.15) is 13.2 Å². The van der Waals surface area contributed by atoms with Crippen molar-refractivity contribution in [3.63, 3.8) is 0 Å². The van der Waals surface area contributed by atoms with E-state index in [0.717, 1.165) is 24.1 Å². The van der Waals surface area contributed by atoms with E-state index >= 15 is 0 Å². The number of hydrogen-bond donors (Lipinski definition) is 0. The summed E-state index contributed by atoms with van der Waals surface area (Å²) in [7, 11) is 0. The van der Waals surface area contributed by atoms with Gasteiger partial charge in [0, 0.05) is 5.02 Å². The molecule has 0 amide bonds. The third-order valence-corrected chi connectivity index (χ3v) is 3.32. The number of halogens is 4. The van der Waals surface area contributed by atoms with Crippen molar-refractivity contribution in [3.05, 3.63) is 69.7 Å². The average molecular weight is 311 g/mol. The van der Waals surface area contributed by atoms with Gasteiger partial charge in [-0.25, -0.2) is 0 Å². The smallest absolute Gasteiger partial charge is 0.166 e. The van der Waals surface area contributed by atoms with Gasteiger partial charge >= 0.3 is 6.18 Å². The summed E-state index contributed by atoms with van der Waals surface area (Å²) in [4.78, 5) is 0. The van der Waals surface area contributed by atoms with E-state index in [-0.39, 0.29) is 5.02 Å². The van der Waals surface area contributed by atoms with Crippen LogP contribution in [0.1, 0.15) is 29.2 Å². The second-order valence-electron chi connectivity index (χ2n) is 4.70. The Morgan fingerprint density at radius 3 is 2.14 bits per heavy atom. The van der Waals surface area contributed by atoms with Crippen LogP contribution in [0.5, 0.6) is 0 Å². The Kier molecular flexibility index (Phi) is 4.73. The number of rotatable bonds is 3. The molecule has 0 unspecified atom stereocenters. The van der Waals surface area contributed by atoms with Crippen molar-refractivity contribution >= 4 is 23.8 Å². The summed E-state index contributed by atoms with van der Waals surface area (Å²) in [6.07, 6.45) is -0.0448. The first-order valence-corrected chi connectivity index (χ1v) is 6.91. The van der Waals surface area contributed by atoms with Crippen molar-refractivity contribution in [2.75, 3.05) is 0 Å². The van der Waals surface area contributed by atoms with Crippen LogP contribution in [0.4, 0.5) is 13.2 Å². The van der Waals surface area contributed by atoms with Crippen LogP contribution in [0.3, 0.4) is 0 Å². The maximum Gasteiger partial charge on any atom is 0.416 e. The van der Waals surface area contributed by atoms with Crippen LogP contribution in [-0.4, -0.2) is 0 Å². The zero-order valence-corrected chi connectivity index (χ0v) is 12.2. The Morgan fingerprint density at radius 2 is 1.57 bits per heavy atom. The van der Waals surface area contributed by atoms with Crippen LogP contribution in [0.2, 0.25) is 5.02 Å². The molecule has 2 rings (SSSR count). The minimum absolute atomic E-state index is 0.0748. The molecular weight excluding hydrogens is 297 g/mol. The SMILES string of the molecule is CCc1ccc(/C=C/c2cc(Cl)cc(C(F)(F)F)c2)cc1. The van der Waals surface area contributed by atoms with Crippen molar-refractivity contribution in [2.45, 2.75) is 19.5 Å². The molecule has 0 fully saturated rings. The summed E-state index contributed by atoms with van der Waals surface area (Å²) >= 11 is 5.74. The van der Waals surface area contributed by atoms with Crippen molar-refractivity contribution in [3.8, 4) is 0 Å². The zero-order valence-electron chi connectivity index (χ0n) is 11.4. The first kappa shape index (κ1) is 15.6.